The summed E-state index contributed by atoms with van der Waals surface area (Å²) in [6.07, 6.45) is 0. The first kappa shape index (κ1) is 13.3. The minimum absolute atomic E-state index is 0.360. The Morgan fingerprint density at radius 3 is 2.06 bits per heavy atom. The zero-order chi connectivity index (χ0) is 13.4. The van der Waals surface area contributed by atoms with E-state index in [4.69, 9.17) is 16.2 Å². The summed E-state index contributed by atoms with van der Waals surface area (Å²) >= 11 is 5.36. The predicted octanol–water partition coefficient (Wildman–Crippen LogP) is 1.40. The van der Waals surface area contributed by atoms with Crippen molar-refractivity contribution in [3.05, 3.63) is 37.4 Å². The first-order chi connectivity index (χ1) is 7.64. The molecule has 0 saturated carbocycles. The van der Waals surface area contributed by atoms with Gasteiger partial charge in [0.1, 0.15) is 5.02 Å². The standard InChI is InChI=1S/C6H3ClN2O7S/c7-4-1-3(8(10)11)2-5(17(14,15)16)6(4)9(12)13/h1-2H,(H,14,15,16). The van der Waals surface area contributed by atoms with Crippen molar-refractivity contribution in [2.75, 3.05) is 0 Å². The molecule has 0 amide bonds. The molecule has 0 bridgehead atoms. The van der Waals surface area contributed by atoms with Crippen molar-refractivity contribution >= 4 is 33.1 Å². The van der Waals surface area contributed by atoms with E-state index >= 15 is 0 Å². The molecule has 0 fully saturated rings. The lowest BCUT2D eigenvalue weighted by Gasteiger charge is -2.01. The zero-order valence-corrected chi connectivity index (χ0v) is 9.30. The van der Waals surface area contributed by atoms with E-state index in [1.807, 2.05) is 0 Å². The number of non-ortho nitro benzene ring substituents is 1. The van der Waals surface area contributed by atoms with Gasteiger partial charge in [0.15, 0.2) is 4.90 Å². The first-order valence-electron chi connectivity index (χ1n) is 3.74. The van der Waals surface area contributed by atoms with Crippen LogP contribution in [0.15, 0.2) is 17.0 Å². The lowest BCUT2D eigenvalue weighted by molar-refractivity contribution is -0.391. The maximum Gasteiger partial charge on any atom is 0.309 e. The van der Waals surface area contributed by atoms with Gasteiger partial charge in [0.2, 0.25) is 0 Å². The van der Waals surface area contributed by atoms with Crippen LogP contribution in [0.1, 0.15) is 0 Å². The number of benzene rings is 1. The van der Waals surface area contributed by atoms with Crippen molar-refractivity contribution in [1.29, 1.82) is 0 Å². The highest BCUT2D eigenvalue weighted by Gasteiger charge is 2.31. The fraction of sp³-hybridized carbons (Fsp3) is 0. The summed E-state index contributed by atoms with van der Waals surface area (Å²) in [5.74, 6) is 0. The summed E-state index contributed by atoms with van der Waals surface area (Å²) in [6.45, 7) is 0. The maximum absolute atomic E-state index is 10.9. The lowest BCUT2D eigenvalue weighted by Crippen LogP contribution is -2.05. The fourth-order valence-electron chi connectivity index (χ4n) is 1.04. The Kier molecular flexibility index (Phi) is 3.31. The number of rotatable bonds is 3. The fourth-order valence-corrected chi connectivity index (χ4v) is 2.08. The monoisotopic (exact) mass is 282 g/mol. The van der Waals surface area contributed by atoms with Crippen LogP contribution in [0.5, 0.6) is 0 Å². The third-order valence-electron chi connectivity index (χ3n) is 1.68. The topological polar surface area (TPSA) is 141 Å². The summed E-state index contributed by atoms with van der Waals surface area (Å²) in [6, 6.07) is 0.980. The molecule has 0 saturated heterocycles. The zero-order valence-electron chi connectivity index (χ0n) is 7.73. The second kappa shape index (κ2) is 4.24. The average Bonchev–Trinajstić information content (AvgIpc) is 2.14. The smallest absolute Gasteiger partial charge is 0.282 e. The van der Waals surface area contributed by atoms with Crippen LogP contribution < -0.4 is 0 Å². The largest absolute Gasteiger partial charge is 0.309 e. The first-order valence-corrected chi connectivity index (χ1v) is 5.56. The summed E-state index contributed by atoms with van der Waals surface area (Å²) in [5, 5.41) is 20.2. The van der Waals surface area contributed by atoms with Gasteiger partial charge in [0.05, 0.1) is 9.85 Å². The van der Waals surface area contributed by atoms with Crippen LogP contribution in [0, 0.1) is 20.2 Å². The molecule has 0 spiro atoms. The maximum atomic E-state index is 10.9. The van der Waals surface area contributed by atoms with Crippen LogP contribution in [0.4, 0.5) is 11.4 Å². The molecular weight excluding hydrogens is 280 g/mol. The summed E-state index contributed by atoms with van der Waals surface area (Å²) < 4.78 is 30.4. The van der Waals surface area contributed by atoms with Crippen LogP contribution in [-0.4, -0.2) is 22.8 Å². The van der Waals surface area contributed by atoms with E-state index in [-0.39, 0.29) is 0 Å². The second-order valence-electron chi connectivity index (χ2n) is 2.76. The Hall–Kier alpha value is -1.78. The van der Waals surface area contributed by atoms with E-state index in [0.29, 0.717) is 12.1 Å². The minimum Gasteiger partial charge on any atom is -0.282 e. The molecule has 92 valence electrons. The normalized spacial score (nSPS) is 11.2. The molecule has 0 aliphatic carbocycles. The Balaban J connectivity index is 3.75. The third kappa shape index (κ3) is 2.67. The molecule has 0 aliphatic heterocycles. The molecule has 1 rings (SSSR count). The highest BCUT2D eigenvalue weighted by Crippen LogP contribution is 2.35. The molecule has 0 radical (unpaired) electrons. The molecule has 0 heterocycles. The Morgan fingerprint density at radius 2 is 1.71 bits per heavy atom. The van der Waals surface area contributed by atoms with E-state index in [1.54, 1.807) is 0 Å². The molecule has 0 atom stereocenters. The summed E-state index contributed by atoms with van der Waals surface area (Å²) in [5.41, 5.74) is -1.90. The Morgan fingerprint density at radius 1 is 1.18 bits per heavy atom. The summed E-state index contributed by atoms with van der Waals surface area (Å²) in [7, 11) is -4.99. The van der Waals surface area contributed by atoms with E-state index in [1.165, 1.54) is 0 Å². The van der Waals surface area contributed by atoms with Crippen molar-refractivity contribution in [3.63, 3.8) is 0 Å². The van der Waals surface area contributed by atoms with Gasteiger partial charge in [-0.3, -0.25) is 24.8 Å². The van der Waals surface area contributed by atoms with Crippen molar-refractivity contribution in [1.82, 2.24) is 0 Å². The summed E-state index contributed by atoms with van der Waals surface area (Å²) in [4.78, 5) is 17.6. The molecule has 1 aromatic rings. The van der Waals surface area contributed by atoms with Crippen molar-refractivity contribution in [3.8, 4) is 0 Å². The van der Waals surface area contributed by atoms with Crippen LogP contribution >= 0.6 is 11.6 Å². The van der Waals surface area contributed by atoms with Gasteiger partial charge in [-0.05, 0) is 0 Å². The number of nitro benzene ring substituents is 2. The number of hydrogen-bond donors (Lipinski definition) is 1. The van der Waals surface area contributed by atoms with E-state index in [0.717, 1.165) is 0 Å². The quantitative estimate of drug-likeness (QED) is 0.501. The molecule has 11 heteroatoms. The average molecular weight is 283 g/mol. The number of halogens is 1. The Labute approximate surface area is 98.7 Å². The van der Waals surface area contributed by atoms with Gasteiger partial charge in [0, 0.05) is 12.1 Å². The van der Waals surface area contributed by atoms with Crippen molar-refractivity contribution < 1.29 is 22.8 Å². The Bertz CT molecular complexity index is 611. The van der Waals surface area contributed by atoms with Gasteiger partial charge in [-0.2, -0.15) is 8.42 Å². The molecule has 1 aromatic carbocycles. The molecule has 0 unspecified atom stereocenters. The highest BCUT2D eigenvalue weighted by atomic mass is 35.5. The van der Waals surface area contributed by atoms with Gasteiger partial charge < -0.3 is 0 Å². The van der Waals surface area contributed by atoms with Crippen molar-refractivity contribution in [2.24, 2.45) is 0 Å². The molecule has 0 aliphatic rings. The van der Waals surface area contributed by atoms with E-state index in [9.17, 15) is 28.6 Å². The van der Waals surface area contributed by atoms with Gasteiger partial charge in [0.25, 0.3) is 5.69 Å². The lowest BCUT2D eigenvalue weighted by atomic mass is 10.3. The highest BCUT2D eigenvalue weighted by molar-refractivity contribution is 7.86. The third-order valence-corrected chi connectivity index (χ3v) is 2.84. The molecular formula is C6H3ClN2O7S. The number of hydrogen-bond acceptors (Lipinski definition) is 6. The molecule has 0 aromatic heterocycles. The van der Waals surface area contributed by atoms with Gasteiger partial charge in [-0.25, -0.2) is 0 Å². The SMILES string of the molecule is O=[N+]([O-])c1cc(Cl)c([N+](=O)[O-])c(S(=O)(=O)O)c1. The van der Waals surface area contributed by atoms with Crippen LogP contribution in [0.2, 0.25) is 5.02 Å². The van der Waals surface area contributed by atoms with Crippen molar-refractivity contribution in [2.45, 2.75) is 4.90 Å². The van der Waals surface area contributed by atoms with E-state index in [2.05, 4.69) is 0 Å². The minimum atomic E-state index is -4.99. The van der Waals surface area contributed by atoms with Crippen LogP contribution in [0.3, 0.4) is 0 Å². The number of nitrogens with zero attached hydrogens (tertiary/aromatic N) is 2. The van der Waals surface area contributed by atoms with Gasteiger partial charge >= 0.3 is 15.8 Å². The second-order valence-corrected chi connectivity index (χ2v) is 4.56. The molecule has 1 N–H and O–H groups in total. The molecule has 9 nitrogen and oxygen atoms in total. The molecule has 17 heavy (non-hydrogen) atoms. The van der Waals surface area contributed by atoms with Crippen LogP contribution in [0.25, 0.3) is 0 Å². The van der Waals surface area contributed by atoms with Gasteiger partial charge in [-0.1, -0.05) is 11.6 Å². The van der Waals surface area contributed by atoms with Crippen LogP contribution in [-0.2, 0) is 10.1 Å². The predicted molar refractivity (Wildman–Crippen MR) is 54.6 cm³/mol. The number of nitro groups is 2. The van der Waals surface area contributed by atoms with Gasteiger partial charge in [-0.15, -0.1) is 0 Å². The van der Waals surface area contributed by atoms with E-state index < -0.39 is 41.3 Å².